The fourth-order valence-corrected chi connectivity index (χ4v) is 4.16. The first kappa shape index (κ1) is 41.5. The molecule has 53 heavy (non-hydrogen) atoms. The van der Waals surface area contributed by atoms with E-state index in [0.717, 1.165) is 12.2 Å². The summed E-state index contributed by atoms with van der Waals surface area (Å²) in [5.74, 6) is -1.54. The third kappa shape index (κ3) is 15.1. The van der Waals surface area contributed by atoms with Crippen LogP contribution >= 0.6 is 0 Å². The van der Waals surface area contributed by atoms with E-state index in [2.05, 4.69) is 0 Å². The van der Waals surface area contributed by atoms with Crippen molar-refractivity contribution in [3.05, 3.63) is 131 Å². The van der Waals surface area contributed by atoms with Gasteiger partial charge in [-0.3, -0.25) is 8.78 Å². The van der Waals surface area contributed by atoms with Gasteiger partial charge in [-0.25, -0.2) is 9.59 Å². The van der Waals surface area contributed by atoms with Crippen LogP contribution in [0.3, 0.4) is 0 Å². The number of hydrogen-bond acceptors (Lipinski definition) is 6. The van der Waals surface area contributed by atoms with E-state index in [-0.39, 0.29) is 35.7 Å². The number of unbranched alkanes of at least 4 members (excludes halogenated alkanes) is 1. The maximum absolute atomic E-state index is 14.3. The van der Waals surface area contributed by atoms with Crippen molar-refractivity contribution in [3.8, 4) is 23.0 Å². The highest BCUT2D eigenvalue weighted by Crippen LogP contribution is 2.34. The number of halogens is 6. The number of carboxylic acid groups (broad SMARTS) is 2. The molecule has 8 nitrogen and oxygen atoms in total. The van der Waals surface area contributed by atoms with E-state index in [1.807, 2.05) is 0 Å². The molecule has 0 amide bonds. The van der Waals surface area contributed by atoms with Gasteiger partial charge in [-0.05, 0) is 109 Å². The minimum atomic E-state index is -3.56. The van der Waals surface area contributed by atoms with Gasteiger partial charge in [0, 0.05) is 18.6 Å². The van der Waals surface area contributed by atoms with Crippen molar-refractivity contribution < 1.29 is 65.1 Å². The van der Waals surface area contributed by atoms with Crippen LogP contribution in [-0.2, 0) is 21.8 Å². The topological polar surface area (TPSA) is 112 Å². The molecule has 0 unspecified atom stereocenters. The second-order valence-corrected chi connectivity index (χ2v) is 10.9. The number of carbonyl (C=O) groups is 2. The first-order chi connectivity index (χ1) is 25.3. The van der Waals surface area contributed by atoms with E-state index >= 15 is 0 Å². The summed E-state index contributed by atoms with van der Waals surface area (Å²) in [5, 5.41) is 17.1. The van der Waals surface area contributed by atoms with Crippen LogP contribution < -0.4 is 18.9 Å². The number of alkyl halides is 6. The van der Waals surface area contributed by atoms with Crippen LogP contribution in [0.15, 0.2) is 109 Å². The summed E-state index contributed by atoms with van der Waals surface area (Å²) in [6.45, 7) is -0.429. The van der Waals surface area contributed by atoms with E-state index in [1.54, 1.807) is 0 Å². The molecule has 0 aliphatic rings. The predicted octanol–water partition coefficient (Wildman–Crippen LogP) is 9.69. The quantitative estimate of drug-likeness (QED) is 0.0555. The lowest BCUT2D eigenvalue weighted by molar-refractivity contribution is -0.186. The van der Waals surface area contributed by atoms with Gasteiger partial charge in [0.2, 0.25) is 0 Å². The molecule has 0 aliphatic heterocycles. The fourth-order valence-electron chi connectivity index (χ4n) is 4.16. The molecule has 0 radical (unpaired) electrons. The molecule has 0 saturated carbocycles. The molecule has 282 valence electrons. The predicted molar refractivity (Wildman–Crippen MR) is 185 cm³/mol. The Morgan fingerprint density at radius 1 is 0.509 bits per heavy atom. The Morgan fingerprint density at radius 2 is 0.849 bits per heavy atom. The van der Waals surface area contributed by atoms with Gasteiger partial charge in [-0.2, -0.15) is 17.6 Å². The van der Waals surface area contributed by atoms with Gasteiger partial charge in [0.05, 0.1) is 37.7 Å². The Morgan fingerprint density at radius 3 is 1.19 bits per heavy atom. The Kier molecular flexibility index (Phi) is 16.3. The number of hydrogen-bond donors (Lipinski definition) is 2. The molecular formula is C39H36F6O8. The van der Waals surface area contributed by atoms with Crippen molar-refractivity contribution in [1.82, 2.24) is 0 Å². The maximum Gasteiger partial charge on any atom is 0.426 e. The number of ether oxygens (including phenoxy) is 4. The molecule has 2 N–H and O–H groups in total. The van der Waals surface area contributed by atoms with Crippen molar-refractivity contribution in [1.29, 1.82) is 0 Å². The summed E-state index contributed by atoms with van der Waals surface area (Å²) in [6.07, 6.45) is -1.35. The normalized spacial score (nSPS) is 11.5. The summed E-state index contributed by atoms with van der Waals surface area (Å²) in [6, 6.07) is 21.5. The van der Waals surface area contributed by atoms with E-state index in [9.17, 15) is 35.9 Å². The van der Waals surface area contributed by atoms with Crippen LogP contribution in [0.25, 0.3) is 12.2 Å². The van der Waals surface area contributed by atoms with Gasteiger partial charge in [0.1, 0.15) is 23.0 Å². The van der Waals surface area contributed by atoms with Gasteiger partial charge in [0.15, 0.2) is 0 Å². The monoisotopic (exact) mass is 746 g/mol. The molecule has 0 aliphatic carbocycles. The van der Waals surface area contributed by atoms with Gasteiger partial charge in [-0.1, -0.05) is 24.3 Å². The molecule has 0 bridgehead atoms. The Labute approximate surface area is 301 Å². The molecular weight excluding hydrogens is 710 g/mol. The molecule has 0 heterocycles. The van der Waals surface area contributed by atoms with Crippen LogP contribution in [-0.4, -0.2) is 48.7 Å². The van der Waals surface area contributed by atoms with Crippen LogP contribution in [0.4, 0.5) is 26.3 Å². The van der Waals surface area contributed by atoms with Crippen LogP contribution in [0.2, 0.25) is 0 Å². The van der Waals surface area contributed by atoms with Gasteiger partial charge in [0.25, 0.3) is 0 Å². The third-order valence-electron chi connectivity index (χ3n) is 6.81. The third-order valence-corrected chi connectivity index (χ3v) is 6.81. The van der Waals surface area contributed by atoms with Crippen molar-refractivity contribution in [2.75, 3.05) is 26.6 Å². The zero-order valence-corrected chi connectivity index (χ0v) is 28.1. The summed E-state index contributed by atoms with van der Waals surface area (Å²) >= 11 is 0. The second-order valence-electron chi connectivity index (χ2n) is 10.9. The van der Waals surface area contributed by atoms with E-state index in [0.29, 0.717) is 42.1 Å². The lowest BCUT2D eigenvalue weighted by Gasteiger charge is -2.18. The molecule has 4 aromatic carbocycles. The minimum Gasteiger partial charge on any atom is -0.494 e. The Bertz CT molecular complexity index is 1760. The maximum atomic E-state index is 14.3. The van der Waals surface area contributed by atoms with Crippen molar-refractivity contribution in [3.63, 3.8) is 0 Å². The van der Waals surface area contributed by atoms with Gasteiger partial charge < -0.3 is 29.2 Å². The first-order valence-corrected chi connectivity index (χ1v) is 16.1. The number of benzene rings is 4. The highest BCUT2D eigenvalue weighted by molar-refractivity contribution is 5.85. The summed E-state index contributed by atoms with van der Waals surface area (Å²) in [5.41, 5.74) is 0.388. The van der Waals surface area contributed by atoms with Crippen molar-refractivity contribution in [2.24, 2.45) is 0 Å². The molecule has 0 fully saturated rings. The Balaban J connectivity index is 0.000000286. The molecule has 0 saturated heterocycles. The van der Waals surface area contributed by atoms with E-state index < -0.39 is 37.5 Å². The number of aliphatic carboxylic acids is 2. The molecule has 4 aromatic rings. The Hall–Kier alpha value is -5.92. The SMILES string of the molecule is O=C(O)/C=C/c1ccc(OC(F)(F)c2ccc(OCCCCF)cc2)cc1.O=C(O)/C=C/c1ccc(OC(F)(F)c2ccc(OCCCF)cc2)cc1. The average Bonchev–Trinajstić information content (AvgIpc) is 3.13. The molecule has 0 atom stereocenters. The average molecular weight is 747 g/mol. The molecule has 0 aromatic heterocycles. The summed E-state index contributed by atoms with van der Waals surface area (Å²) in [4.78, 5) is 20.9. The zero-order valence-electron chi connectivity index (χ0n) is 28.1. The highest BCUT2D eigenvalue weighted by atomic mass is 19.3. The molecule has 0 spiro atoms. The van der Waals surface area contributed by atoms with Gasteiger partial charge in [-0.15, -0.1) is 0 Å². The van der Waals surface area contributed by atoms with Crippen LogP contribution in [0.1, 0.15) is 41.5 Å². The lowest BCUT2D eigenvalue weighted by atomic mass is 10.2. The summed E-state index contributed by atoms with van der Waals surface area (Å²) < 4.78 is 101. The largest absolute Gasteiger partial charge is 0.494 e. The zero-order chi connectivity index (χ0) is 38.7. The number of rotatable bonds is 19. The smallest absolute Gasteiger partial charge is 0.426 e. The lowest BCUT2D eigenvalue weighted by Crippen LogP contribution is -2.21. The second kappa shape index (κ2) is 20.8. The first-order valence-electron chi connectivity index (χ1n) is 16.1. The van der Waals surface area contributed by atoms with Crippen molar-refractivity contribution in [2.45, 2.75) is 31.5 Å². The van der Waals surface area contributed by atoms with Gasteiger partial charge >= 0.3 is 24.2 Å². The van der Waals surface area contributed by atoms with Crippen molar-refractivity contribution >= 4 is 24.1 Å². The number of carboxylic acids is 2. The highest BCUT2D eigenvalue weighted by Gasteiger charge is 2.35. The van der Waals surface area contributed by atoms with Crippen LogP contribution in [0.5, 0.6) is 23.0 Å². The molecule has 4 rings (SSSR count). The van der Waals surface area contributed by atoms with E-state index in [1.165, 1.54) is 109 Å². The summed E-state index contributed by atoms with van der Waals surface area (Å²) in [7, 11) is 0. The van der Waals surface area contributed by atoms with Crippen LogP contribution in [0, 0.1) is 0 Å². The molecule has 14 heteroatoms. The van der Waals surface area contributed by atoms with E-state index in [4.69, 9.17) is 29.2 Å². The standard InChI is InChI=1S/C20H19F3O4.C19H17F3O4/c21-13-1-2-14-26-17-10-6-16(7-11-17)20(22,23)27-18-8-3-15(4-9-18)5-12-19(24)25;20-12-1-13-25-16-9-5-15(6-10-16)19(21,22)26-17-7-2-14(3-8-17)4-11-18(23)24/h3-12H,1-2,13-14H2,(H,24,25);2-11H,1,12-13H2,(H,23,24)/b12-5+;11-4+. The fraction of sp³-hybridized carbons (Fsp3) is 0.231. The minimum absolute atomic E-state index is 0.0565.